The Bertz CT molecular complexity index is 820. The molecule has 2 heterocycles. The first-order chi connectivity index (χ1) is 12.6. The molecule has 4 nitrogen and oxygen atoms in total. The molecule has 1 saturated heterocycles. The predicted molar refractivity (Wildman–Crippen MR) is 104 cm³/mol. The topological polar surface area (TPSA) is 47.7 Å². The third-order valence-corrected chi connectivity index (χ3v) is 6.07. The number of nitrogens with zero attached hydrogens (tertiary/aromatic N) is 1. The molecule has 0 aromatic heterocycles. The van der Waals surface area contributed by atoms with Crippen molar-refractivity contribution in [3.8, 4) is 11.5 Å². The Hall–Kier alpha value is -2.04. The molecule has 2 atom stereocenters. The summed E-state index contributed by atoms with van der Waals surface area (Å²) < 4.78 is 11.2. The summed E-state index contributed by atoms with van der Waals surface area (Å²) in [5.41, 5.74) is 11.6. The van der Waals surface area contributed by atoms with Crippen molar-refractivity contribution in [3.63, 3.8) is 0 Å². The van der Waals surface area contributed by atoms with Gasteiger partial charge in [-0.15, -0.1) is 0 Å². The van der Waals surface area contributed by atoms with Gasteiger partial charge in [0.25, 0.3) is 0 Å². The summed E-state index contributed by atoms with van der Waals surface area (Å²) in [7, 11) is 3.41. The van der Waals surface area contributed by atoms with Crippen LogP contribution in [0.5, 0.6) is 11.5 Å². The predicted octanol–water partition coefficient (Wildman–Crippen LogP) is 3.24. The number of ether oxygens (including phenoxy) is 2. The molecular weight excluding hydrogens is 324 g/mol. The van der Waals surface area contributed by atoms with E-state index in [-0.39, 0.29) is 11.6 Å². The maximum atomic E-state index is 6.50. The molecule has 0 amide bonds. The average molecular weight is 352 g/mol. The molecule has 0 radical (unpaired) electrons. The lowest BCUT2D eigenvalue weighted by Gasteiger charge is -2.53. The summed E-state index contributed by atoms with van der Waals surface area (Å²) >= 11 is 0. The van der Waals surface area contributed by atoms with E-state index in [0.29, 0.717) is 0 Å². The second kappa shape index (κ2) is 6.60. The number of methoxy groups -OCH3 is 2. The van der Waals surface area contributed by atoms with E-state index in [4.69, 9.17) is 15.2 Å². The average Bonchev–Trinajstić information content (AvgIpc) is 2.66. The van der Waals surface area contributed by atoms with E-state index in [0.717, 1.165) is 43.9 Å². The van der Waals surface area contributed by atoms with Crippen LogP contribution < -0.4 is 15.2 Å². The fourth-order valence-electron chi connectivity index (χ4n) is 4.83. The van der Waals surface area contributed by atoms with Crippen LogP contribution in [0.25, 0.3) is 0 Å². The molecule has 2 unspecified atom stereocenters. The summed E-state index contributed by atoms with van der Waals surface area (Å²) in [6, 6.07) is 13.4. The van der Waals surface area contributed by atoms with Gasteiger partial charge in [0.1, 0.15) is 0 Å². The highest BCUT2D eigenvalue weighted by molar-refractivity contribution is 5.55. The van der Waals surface area contributed by atoms with E-state index in [9.17, 15) is 0 Å². The van der Waals surface area contributed by atoms with Gasteiger partial charge in [-0.1, -0.05) is 29.8 Å². The van der Waals surface area contributed by atoms with Crippen LogP contribution in [0.2, 0.25) is 0 Å². The van der Waals surface area contributed by atoms with E-state index < -0.39 is 0 Å². The monoisotopic (exact) mass is 352 g/mol. The van der Waals surface area contributed by atoms with Crippen molar-refractivity contribution in [2.75, 3.05) is 27.3 Å². The van der Waals surface area contributed by atoms with Crippen LogP contribution in [-0.4, -0.2) is 38.3 Å². The Morgan fingerprint density at radius 1 is 1.08 bits per heavy atom. The lowest BCUT2D eigenvalue weighted by molar-refractivity contribution is 0.0571. The van der Waals surface area contributed by atoms with E-state index in [1.54, 1.807) is 14.2 Å². The van der Waals surface area contributed by atoms with Gasteiger partial charge in [-0.3, -0.25) is 4.90 Å². The second-order valence-corrected chi connectivity index (χ2v) is 7.58. The third-order valence-electron chi connectivity index (χ3n) is 6.07. The minimum Gasteiger partial charge on any atom is -0.493 e. The SMILES string of the molecule is COc1cc2c(cc1OC)C1(c3cccc(C)c3)CC(N)CCN1CC2. The summed E-state index contributed by atoms with van der Waals surface area (Å²) in [5.74, 6) is 1.60. The minimum atomic E-state index is -0.184. The molecule has 2 aromatic rings. The zero-order valence-electron chi connectivity index (χ0n) is 15.9. The number of hydrogen-bond donors (Lipinski definition) is 1. The van der Waals surface area contributed by atoms with Crippen molar-refractivity contribution in [3.05, 3.63) is 58.7 Å². The van der Waals surface area contributed by atoms with E-state index in [1.807, 2.05) is 0 Å². The fraction of sp³-hybridized carbons (Fsp3) is 0.455. The third kappa shape index (κ3) is 2.60. The molecule has 0 spiro atoms. The van der Waals surface area contributed by atoms with Crippen LogP contribution in [0.1, 0.15) is 35.1 Å². The van der Waals surface area contributed by atoms with Crippen LogP contribution in [0.4, 0.5) is 0 Å². The smallest absolute Gasteiger partial charge is 0.161 e. The molecule has 2 aromatic carbocycles. The van der Waals surface area contributed by atoms with Gasteiger partial charge in [0.2, 0.25) is 0 Å². The van der Waals surface area contributed by atoms with Crippen molar-refractivity contribution < 1.29 is 9.47 Å². The van der Waals surface area contributed by atoms with E-state index >= 15 is 0 Å². The van der Waals surface area contributed by atoms with Gasteiger partial charge in [-0.2, -0.15) is 0 Å². The molecule has 2 N–H and O–H groups in total. The normalized spacial score (nSPS) is 25.3. The van der Waals surface area contributed by atoms with E-state index in [2.05, 4.69) is 48.2 Å². The quantitative estimate of drug-likeness (QED) is 0.921. The Morgan fingerprint density at radius 3 is 2.58 bits per heavy atom. The lowest BCUT2D eigenvalue weighted by Crippen LogP contribution is -2.58. The highest BCUT2D eigenvalue weighted by Gasteiger charge is 2.47. The minimum absolute atomic E-state index is 0.184. The standard InChI is InChI=1S/C22H28N2O2/c1-15-5-4-6-17(11-15)22-14-18(23)8-10-24(22)9-7-16-12-20(25-2)21(26-3)13-19(16)22/h4-6,11-13,18H,7-10,14,23H2,1-3H3. The fourth-order valence-corrected chi connectivity index (χ4v) is 4.83. The van der Waals surface area contributed by atoms with Gasteiger partial charge in [-0.25, -0.2) is 0 Å². The number of aryl methyl sites for hydroxylation is 1. The molecule has 4 heteroatoms. The van der Waals surface area contributed by atoms with Crippen molar-refractivity contribution in [1.29, 1.82) is 0 Å². The lowest BCUT2D eigenvalue weighted by atomic mass is 9.69. The van der Waals surface area contributed by atoms with Crippen LogP contribution in [0.3, 0.4) is 0 Å². The number of nitrogens with two attached hydrogens (primary N) is 1. The van der Waals surface area contributed by atoms with Gasteiger partial charge in [0.15, 0.2) is 11.5 Å². The molecule has 138 valence electrons. The van der Waals surface area contributed by atoms with Crippen LogP contribution >= 0.6 is 0 Å². The molecule has 4 rings (SSSR count). The van der Waals surface area contributed by atoms with Crippen LogP contribution in [-0.2, 0) is 12.0 Å². The van der Waals surface area contributed by atoms with Gasteiger partial charge in [0.05, 0.1) is 19.8 Å². The summed E-state index contributed by atoms with van der Waals surface area (Å²) in [6.07, 6.45) is 3.01. The number of rotatable bonds is 3. The van der Waals surface area contributed by atoms with Crippen molar-refractivity contribution in [2.45, 2.75) is 37.8 Å². The molecule has 0 saturated carbocycles. The van der Waals surface area contributed by atoms with Crippen LogP contribution in [0.15, 0.2) is 36.4 Å². The largest absolute Gasteiger partial charge is 0.493 e. The molecule has 2 aliphatic heterocycles. The summed E-state index contributed by atoms with van der Waals surface area (Å²) in [4.78, 5) is 2.62. The van der Waals surface area contributed by atoms with Crippen molar-refractivity contribution in [2.24, 2.45) is 5.73 Å². The highest BCUT2D eigenvalue weighted by atomic mass is 16.5. The first-order valence-electron chi connectivity index (χ1n) is 9.41. The second-order valence-electron chi connectivity index (χ2n) is 7.58. The summed E-state index contributed by atoms with van der Waals surface area (Å²) in [5, 5.41) is 0. The molecular formula is C22H28N2O2. The maximum Gasteiger partial charge on any atom is 0.161 e. The number of piperidine rings is 1. The first kappa shape index (κ1) is 17.4. The van der Waals surface area contributed by atoms with Gasteiger partial charge in [-0.05, 0) is 55.0 Å². The van der Waals surface area contributed by atoms with Crippen LogP contribution in [0, 0.1) is 6.92 Å². The molecule has 2 aliphatic rings. The Labute approximate surface area is 155 Å². The molecule has 0 bridgehead atoms. The van der Waals surface area contributed by atoms with Gasteiger partial charge < -0.3 is 15.2 Å². The Balaban J connectivity index is 1.98. The van der Waals surface area contributed by atoms with Crippen molar-refractivity contribution >= 4 is 0 Å². The number of fused-ring (bicyclic) bond motifs is 3. The Morgan fingerprint density at radius 2 is 1.85 bits per heavy atom. The van der Waals surface area contributed by atoms with Gasteiger partial charge in [0, 0.05) is 19.1 Å². The molecule has 0 aliphatic carbocycles. The van der Waals surface area contributed by atoms with Gasteiger partial charge >= 0.3 is 0 Å². The molecule has 1 fully saturated rings. The highest BCUT2D eigenvalue weighted by Crippen LogP contribution is 2.49. The zero-order chi connectivity index (χ0) is 18.3. The maximum absolute atomic E-state index is 6.50. The zero-order valence-corrected chi connectivity index (χ0v) is 15.9. The first-order valence-corrected chi connectivity index (χ1v) is 9.41. The number of benzene rings is 2. The summed E-state index contributed by atoms with van der Waals surface area (Å²) in [6.45, 7) is 4.23. The van der Waals surface area contributed by atoms with E-state index in [1.165, 1.54) is 22.3 Å². The number of hydrogen-bond acceptors (Lipinski definition) is 4. The van der Waals surface area contributed by atoms with Crippen molar-refractivity contribution in [1.82, 2.24) is 4.90 Å². The Kier molecular flexibility index (Phi) is 4.41. The molecule has 26 heavy (non-hydrogen) atoms.